The lowest BCUT2D eigenvalue weighted by Crippen LogP contribution is -2.39. The predicted octanol–water partition coefficient (Wildman–Crippen LogP) is 4.19. The van der Waals surface area contributed by atoms with Crippen molar-refractivity contribution in [2.75, 3.05) is 6.54 Å². The van der Waals surface area contributed by atoms with Crippen molar-refractivity contribution in [1.82, 2.24) is 14.9 Å². The topological polar surface area (TPSA) is 69.2 Å². The van der Waals surface area contributed by atoms with Crippen LogP contribution in [-0.2, 0) is 25.9 Å². The van der Waals surface area contributed by atoms with Gasteiger partial charge in [-0.1, -0.05) is 42.8 Å². The number of H-pyrrole nitrogens is 1. The summed E-state index contributed by atoms with van der Waals surface area (Å²) < 4.78 is 0. The minimum Gasteiger partial charge on any atom is -0.385 e. The van der Waals surface area contributed by atoms with Gasteiger partial charge in [-0.05, 0) is 43.7 Å². The molecule has 1 unspecified atom stereocenters. The highest BCUT2D eigenvalue weighted by Crippen LogP contribution is 2.32. The van der Waals surface area contributed by atoms with Crippen molar-refractivity contribution in [2.24, 2.45) is 0 Å². The molecule has 2 N–H and O–H groups in total. The van der Waals surface area contributed by atoms with Gasteiger partial charge in [-0.25, -0.2) is 4.98 Å². The Bertz CT molecular complexity index is 1090. The summed E-state index contributed by atoms with van der Waals surface area (Å²) in [6.07, 6.45) is 7.13. The highest BCUT2D eigenvalue weighted by Gasteiger charge is 2.23. The van der Waals surface area contributed by atoms with Crippen LogP contribution in [-0.4, -0.2) is 32.1 Å². The van der Waals surface area contributed by atoms with Gasteiger partial charge in [0.05, 0.1) is 17.5 Å². The molecule has 3 aromatic rings. The standard InChI is InChI=1S/C24H29N3O2S/c1-3-24(2,29)16-27(14-17-10-6-4-7-11-17)15-20-25-22(28)21-18-12-8-5-9-13-19(18)30-23(21)26-20/h3-4,6-7,10-11,29H,1,5,8-9,12-16H2,2H3,(H,25,26,28). The molecule has 0 bridgehead atoms. The van der Waals surface area contributed by atoms with Gasteiger partial charge in [-0.2, -0.15) is 0 Å². The van der Waals surface area contributed by atoms with E-state index in [1.807, 2.05) is 18.2 Å². The highest BCUT2D eigenvalue weighted by atomic mass is 32.1. The van der Waals surface area contributed by atoms with Crippen molar-refractivity contribution >= 4 is 21.6 Å². The van der Waals surface area contributed by atoms with Crippen molar-refractivity contribution < 1.29 is 5.11 Å². The zero-order chi connectivity index (χ0) is 21.1. The Balaban J connectivity index is 1.64. The van der Waals surface area contributed by atoms with Gasteiger partial charge in [0.15, 0.2) is 0 Å². The van der Waals surface area contributed by atoms with E-state index in [2.05, 4.69) is 28.6 Å². The molecule has 4 rings (SSSR count). The van der Waals surface area contributed by atoms with E-state index >= 15 is 0 Å². The summed E-state index contributed by atoms with van der Waals surface area (Å²) in [5, 5.41) is 11.3. The third kappa shape index (κ3) is 4.72. The molecule has 0 fully saturated rings. The molecular formula is C24H29N3O2S. The van der Waals surface area contributed by atoms with Gasteiger partial charge < -0.3 is 10.1 Å². The largest absolute Gasteiger partial charge is 0.385 e. The maximum absolute atomic E-state index is 13.0. The molecule has 30 heavy (non-hydrogen) atoms. The van der Waals surface area contributed by atoms with Gasteiger partial charge in [0.2, 0.25) is 0 Å². The molecule has 6 heteroatoms. The number of aromatic nitrogens is 2. The van der Waals surface area contributed by atoms with Gasteiger partial charge in [-0.3, -0.25) is 9.69 Å². The monoisotopic (exact) mass is 423 g/mol. The van der Waals surface area contributed by atoms with E-state index in [4.69, 9.17) is 4.98 Å². The van der Waals surface area contributed by atoms with E-state index in [1.165, 1.54) is 23.3 Å². The first-order valence-corrected chi connectivity index (χ1v) is 11.4. The predicted molar refractivity (Wildman–Crippen MR) is 123 cm³/mol. The molecule has 0 aliphatic heterocycles. The SMILES string of the molecule is C=CC(C)(O)CN(Cc1ccccc1)Cc1nc2sc3c(c2c(=O)[nH]1)CCCCC3. The van der Waals surface area contributed by atoms with E-state index in [0.717, 1.165) is 35.0 Å². The Hall–Kier alpha value is -2.28. The molecule has 0 amide bonds. The fourth-order valence-electron chi connectivity index (χ4n) is 4.20. The van der Waals surface area contributed by atoms with Crippen LogP contribution in [0.4, 0.5) is 0 Å². The number of nitrogens with one attached hydrogen (secondary N) is 1. The van der Waals surface area contributed by atoms with Crippen LogP contribution in [0, 0.1) is 0 Å². The van der Waals surface area contributed by atoms with Crippen LogP contribution in [0.3, 0.4) is 0 Å². The van der Waals surface area contributed by atoms with E-state index < -0.39 is 5.60 Å². The number of aromatic amines is 1. The summed E-state index contributed by atoms with van der Waals surface area (Å²) in [6.45, 7) is 6.99. The number of nitrogens with zero attached hydrogens (tertiary/aromatic N) is 2. The van der Waals surface area contributed by atoms with Gasteiger partial charge in [0, 0.05) is 18.0 Å². The Kier molecular flexibility index (Phi) is 6.18. The van der Waals surface area contributed by atoms with Crippen molar-refractivity contribution in [3.63, 3.8) is 0 Å². The molecule has 1 aromatic carbocycles. The van der Waals surface area contributed by atoms with Crippen LogP contribution in [0.1, 0.15) is 48.0 Å². The Morgan fingerprint density at radius 2 is 2.00 bits per heavy atom. The third-order valence-electron chi connectivity index (χ3n) is 5.73. The summed E-state index contributed by atoms with van der Waals surface area (Å²) in [5.41, 5.74) is 1.29. The fraction of sp³-hybridized carbons (Fsp3) is 0.417. The summed E-state index contributed by atoms with van der Waals surface area (Å²) in [6, 6.07) is 10.1. The third-order valence-corrected chi connectivity index (χ3v) is 6.92. The molecule has 0 saturated carbocycles. The second-order valence-electron chi connectivity index (χ2n) is 8.45. The quantitative estimate of drug-likeness (QED) is 0.442. The van der Waals surface area contributed by atoms with Crippen molar-refractivity contribution in [3.8, 4) is 0 Å². The summed E-state index contributed by atoms with van der Waals surface area (Å²) in [5.74, 6) is 0.639. The van der Waals surface area contributed by atoms with Crippen molar-refractivity contribution in [1.29, 1.82) is 0 Å². The van der Waals surface area contributed by atoms with E-state index in [-0.39, 0.29) is 5.56 Å². The molecule has 0 saturated heterocycles. The first kappa shape index (κ1) is 21.0. The average Bonchev–Trinajstić information content (AvgIpc) is 2.90. The maximum atomic E-state index is 13.0. The lowest BCUT2D eigenvalue weighted by Gasteiger charge is -2.29. The van der Waals surface area contributed by atoms with Crippen molar-refractivity contribution in [3.05, 3.63) is 75.2 Å². The van der Waals surface area contributed by atoms with E-state index in [9.17, 15) is 9.90 Å². The van der Waals surface area contributed by atoms with Crippen molar-refractivity contribution in [2.45, 2.75) is 57.7 Å². The first-order chi connectivity index (χ1) is 14.4. The first-order valence-electron chi connectivity index (χ1n) is 10.6. The number of rotatable bonds is 7. The van der Waals surface area contributed by atoms with Crippen LogP contribution >= 0.6 is 11.3 Å². The molecule has 2 aromatic heterocycles. The molecule has 5 nitrogen and oxygen atoms in total. The summed E-state index contributed by atoms with van der Waals surface area (Å²) in [7, 11) is 0. The number of benzene rings is 1. The fourth-order valence-corrected chi connectivity index (χ4v) is 5.48. The van der Waals surface area contributed by atoms with Gasteiger partial charge in [0.25, 0.3) is 5.56 Å². The molecular weight excluding hydrogens is 394 g/mol. The van der Waals surface area contributed by atoms with E-state index in [1.54, 1.807) is 24.3 Å². The average molecular weight is 424 g/mol. The molecule has 1 aliphatic carbocycles. The second kappa shape index (κ2) is 8.84. The molecule has 2 heterocycles. The molecule has 0 radical (unpaired) electrons. The minimum atomic E-state index is -1.03. The lowest BCUT2D eigenvalue weighted by atomic mass is 10.1. The number of hydrogen-bond acceptors (Lipinski definition) is 5. The number of thiophene rings is 1. The Morgan fingerprint density at radius 1 is 1.23 bits per heavy atom. The zero-order valence-corrected chi connectivity index (χ0v) is 18.3. The number of aliphatic hydroxyl groups is 1. The smallest absolute Gasteiger partial charge is 0.259 e. The Morgan fingerprint density at radius 3 is 2.77 bits per heavy atom. The zero-order valence-electron chi connectivity index (χ0n) is 17.5. The van der Waals surface area contributed by atoms with Crippen LogP contribution < -0.4 is 5.56 Å². The van der Waals surface area contributed by atoms with Gasteiger partial charge in [-0.15, -0.1) is 17.9 Å². The number of hydrogen-bond donors (Lipinski definition) is 2. The van der Waals surface area contributed by atoms with Crippen LogP contribution in [0.2, 0.25) is 0 Å². The second-order valence-corrected chi connectivity index (χ2v) is 9.53. The lowest BCUT2D eigenvalue weighted by molar-refractivity contribution is 0.0545. The van der Waals surface area contributed by atoms with Crippen LogP contribution in [0.5, 0.6) is 0 Å². The Labute approximate surface area is 181 Å². The van der Waals surface area contributed by atoms with E-state index in [0.29, 0.717) is 25.5 Å². The maximum Gasteiger partial charge on any atom is 0.259 e. The number of aryl methyl sites for hydroxylation is 2. The molecule has 1 aliphatic rings. The molecule has 1 atom stereocenters. The number of fused-ring (bicyclic) bond motifs is 3. The van der Waals surface area contributed by atoms with Crippen LogP contribution in [0.25, 0.3) is 10.2 Å². The summed E-state index contributed by atoms with van der Waals surface area (Å²) >= 11 is 1.67. The van der Waals surface area contributed by atoms with Gasteiger partial charge >= 0.3 is 0 Å². The van der Waals surface area contributed by atoms with Crippen LogP contribution in [0.15, 0.2) is 47.8 Å². The highest BCUT2D eigenvalue weighted by molar-refractivity contribution is 7.18. The molecule has 158 valence electrons. The normalized spacial score (nSPS) is 16.2. The molecule has 0 spiro atoms. The summed E-state index contributed by atoms with van der Waals surface area (Å²) in [4.78, 5) is 25.1. The van der Waals surface area contributed by atoms with Gasteiger partial charge in [0.1, 0.15) is 10.7 Å². The minimum absolute atomic E-state index is 0.0375.